The average Bonchev–Trinajstić information content (AvgIpc) is 2.39. The Kier molecular flexibility index (Phi) is 4.76. The number of rotatable bonds is 2. The van der Waals surface area contributed by atoms with Crippen LogP contribution in [-0.2, 0) is 11.3 Å². The second-order valence-corrected chi connectivity index (χ2v) is 5.39. The Hall–Kier alpha value is -1.14. The van der Waals surface area contributed by atoms with Gasteiger partial charge in [0.05, 0.1) is 19.3 Å². The molecule has 1 aliphatic rings. The lowest BCUT2D eigenvalue weighted by Gasteiger charge is -2.31. The predicted octanol–water partition coefficient (Wildman–Crippen LogP) is 2.12. The monoisotopic (exact) mass is 329 g/mol. The number of halogens is 2. The third-order valence-electron chi connectivity index (χ3n) is 2.98. The van der Waals surface area contributed by atoms with Crippen LogP contribution in [0.4, 0.5) is 4.39 Å². The Bertz CT molecular complexity index is 481. The summed E-state index contributed by atoms with van der Waals surface area (Å²) in [7, 11) is 0. The molecule has 0 spiro atoms. The zero-order valence-corrected chi connectivity index (χ0v) is 12.4. The minimum Gasteiger partial charge on any atom is -0.375 e. The van der Waals surface area contributed by atoms with E-state index in [4.69, 9.17) is 10.5 Å². The maximum absolute atomic E-state index is 13.1. The molecule has 1 aromatic carbocycles. The van der Waals surface area contributed by atoms with Gasteiger partial charge < -0.3 is 15.4 Å². The number of aliphatic imine (C=N–C) groups is 1. The highest BCUT2D eigenvalue weighted by Crippen LogP contribution is 2.18. The number of benzene rings is 1. The van der Waals surface area contributed by atoms with Gasteiger partial charge in [0, 0.05) is 17.6 Å². The van der Waals surface area contributed by atoms with Gasteiger partial charge in [-0.1, -0.05) is 15.9 Å². The van der Waals surface area contributed by atoms with E-state index in [1.165, 1.54) is 12.1 Å². The van der Waals surface area contributed by atoms with Crippen LogP contribution in [-0.4, -0.2) is 36.7 Å². The SMILES string of the molecule is CC1CN(C(N)=NCc2cc(F)ccc2Br)CCO1. The predicted molar refractivity (Wildman–Crippen MR) is 76.4 cm³/mol. The van der Waals surface area contributed by atoms with Crippen molar-refractivity contribution in [2.24, 2.45) is 10.7 Å². The summed E-state index contributed by atoms with van der Waals surface area (Å²) >= 11 is 3.38. The fourth-order valence-electron chi connectivity index (χ4n) is 1.96. The van der Waals surface area contributed by atoms with Crippen molar-refractivity contribution < 1.29 is 9.13 Å². The highest BCUT2D eigenvalue weighted by molar-refractivity contribution is 9.10. The van der Waals surface area contributed by atoms with E-state index >= 15 is 0 Å². The van der Waals surface area contributed by atoms with Crippen LogP contribution in [0.3, 0.4) is 0 Å². The summed E-state index contributed by atoms with van der Waals surface area (Å²) in [5.41, 5.74) is 6.74. The average molecular weight is 330 g/mol. The molecule has 1 atom stereocenters. The number of hydrogen-bond acceptors (Lipinski definition) is 2. The topological polar surface area (TPSA) is 50.8 Å². The van der Waals surface area contributed by atoms with Gasteiger partial charge in [0.2, 0.25) is 0 Å². The van der Waals surface area contributed by atoms with E-state index in [0.717, 1.165) is 23.1 Å². The van der Waals surface area contributed by atoms with Crippen LogP contribution < -0.4 is 5.73 Å². The summed E-state index contributed by atoms with van der Waals surface area (Å²) in [5.74, 6) is 0.207. The van der Waals surface area contributed by atoms with Gasteiger partial charge in [0.1, 0.15) is 5.82 Å². The standard InChI is InChI=1S/C13H17BrFN3O/c1-9-8-18(4-5-19-9)13(16)17-7-10-6-11(15)2-3-12(10)14/h2-3,6,9H,4-5,7-8H2,1H3,(H2,16,17). The molecule has 2 N–H and O–H groups in total. The summed E-state index contributed by atoms with van der Waals surface area (Å²) in [4.78, 5) is 6.31. The zero-order valence-electron chi connectivity index (χ0n) is 10.8. The molecule has 1 heterocycles. The maximum atomic E-state index is 13.1. The van der Waals surface area contributed by atoms with E-state index in [-0.39, 0.29) is 11.9 Å². The molecule has 2 rings (SSSR count). The van der Waals surface area contributed by atoms with Crippen molar-refractivity contribution >= 4 is 21.9 Å². The number of nitrogens with zero attached hydrogens (tertiary/aromatic N) is 2. The number of ether oxygens (including phenoxy) is 1. The van der Waals surface area contributed by atoms with Crippen molar-refractivity contribution in [1.29, 1.82) is 0 Å². The lowest BCUT2D eigenvalue weighted by molar-refractivity contribution is 0.00529. The molecular formula is C13H17BrFN3O. The van der Waals surface area contributed by atoms with Crippen LogP contribution in [0.15, 0.2) is 27.7 Å². The van der Waals surface area contributed by atoms with Crippen molar-refractivity contribution in [2.75, 3.05) is 19.7 Å². The first-order chi connectivity index (χ1) is 9.06. The van der Waals surface area contributed by atoms with Gasteiger partial charge in [-0.2, -0.15) is 0 Å². The van der Waals surface area contributed by atoms with Crippen molar-refractivity contribution in [3.05, 3.63) is 34.1 Å². The smallest absolute Gasteiger partial charge is 0.191 e. The minimum atomic E-state index is -0.271. The summed E-state index contributed by atoms with van der Waals surface area (Å²) in [5, 5.41) is 0. The van der Waals surface area contributed by atoms with Crippen LogP contribution in [0.25, 0.3) is 0 Å². The Morgan fingerprint density at radius 1 is 1.63 bits per heavy atom. The number of guanidine groups is 1. The van der Waals surface area contributed by atoms with E-state index in [1.807, 2.05) is 11.8 Å². The number of hydrogen-bond donors (Lipinski definition) is 1. The third kappa shape index (κ3) is 3.91. The summed E-state index contributed by atoms with van der Waals surface area (Å²) in [6, 6.07) is 4.54. The van der Waals surface area contributed by atoms with E-state index in [2.05, 4.69) is 20.9 Å². The van der Waals surface area contributed by atoms with Gasteiger partial charge >= 0.3 is 0 Å². The number of nitrogens with two attached hydrogens (primary N) is 1. The second-order valence-electron chi connectivity index (χ2n) is 4.54. The molecule has 0 bridgehead atoms. The molecule has 0 aliphatic carbocycles. The largest absolute Gasteiger partial charge is 0.375 e. The molecule has 1 aromatic rings. The Morgan fingerprint density at radius 2 is 2.42 bits per heavy atom. The fourth-order valence-corrected chi connectivity index (χ4v) is 2.33. The quantitative estimate of drug-likeness (QED) is 0.668. The Balaban J connectivity index is 2.03. The molecule has 0 amide bonds. The molecule has 19 heavy (non-hydrogen) atoms. The first-order valence-corrected chi connectivity index (χ1v) is 6.96. The van der Waals surface area contributed by atoms with Crippen molar-refractivity contribution in [3.63, 3.8) is 0 Å². The first kappa shape index (κ1) is 14.3. The van der Waals surface area contributed by atoms with Gasteiger partial charge in [0.25, 0.3) is 0 Å². The van der Waals surface area contributed by atoms with Gasteiger partial charge in [-0.3, -0.25) is 0 Å². The van der Waals surface area contributed by atoms with E-state index in [9.17, 15) is 4.39 Å². The van der Waals surface area contributed by atoms with Gasteiger partial charge in [0.15, 0.2) is 5.96 Å². The van der Waals surface area contributed by atoms with Crippen LogP contribution in [0.2, 0.25) is 0 Å². The molecule has 104 valence electrons. The normalized spacial score (nSPS) is 20.7. The molecule has 0 radical (unpaired) electrons. The second kappa shape index (κ2) is 6.34. The minimum absolute atomic E-state index is 0.156. The van der Waals surface area contributed by atoms with Gasteiger partial charge in [-0.15, -0.1) is 0 Å². The van der Waals surface area contributed by atoms with Crippen molar-refractivity contribution in [2.45, 2.75) is 19.6 Å². The molecular weight excluding hydrogens is 313 g/mol. The molecule has 1 unspecified atom stereocenters. The first-order valence-electron chi connectivity index (χ1n) is 6.16. The molecule has 0 saturated carbocycles. The van der Waals surface area contributed by atoms with Crippen LogP contribution in [0.1, 0.15) is 12.5 Å². The Morgan fingerprint density at radius 3 is 3.16 bits per heavy atom. The maximum Gasteiger partial charge on any atom is 0.191 e. The Labute approximate surface area is 120 Å². The molecule has 1 fully saturated rings. The summed E-state index contributed by atoms with van der Waals surface area (Å²) in [6.45, 7) is 4.49. The highest BCUT2D eigenvalue weighted by Gasteiger charge is 2.17. The molecule has 4 nitrogen and oxygen atoms in total. The number of morpholine rings is 1. The van der Waals surface area contributed by atoms with E-state index in [1.54, 1.807) is 6.07 Å². The summed E-state index contributed by atoms with van der Waals surface area (Å²) < 4.78 is 19.4. The van der Waals surface area contributed by atoms with E-state index in [0.29, 0.717) is 19.1 Å². The van der Waals surface area contributed by atoms with Crippen LogP contribution >= 0.6 is 15.9 Å². The van der Waals surface area contributed by atoms with Gasteiger partial charge in [-0.25, -0.2) is 9.38 Å². The summed E-state index contributed by atoms with van der Waals surface area (Å²) in [6.07, 6.45) is 0.156. The third-order valence-corrected chi connectivity index (χ3v) is 3.76. The zero-order chi connectivity index (χ0) is 13.8. The van der Waals surface area contributed by atoms with Crippen LogP contribution in [0.5, 0.6) is 0 Å². The van der Waals surface area contributed by atoms with Crippen LogP contribution in [0, 0.1) is 5.82 Å². The molecule has 6 heteroatoms. The van der Waals surface area contributed by atoms with Gasteiger partial charge in [-0.05, 0) is 30.7 Å². The van der Waals surface area contributed by atoms with Crippen molar-refractivity contribution in [1.82, 2.24) is 4.90 Å². The lowest BCUT2D eigenvalue weighted by Crippen LogP contribution is -2.47. The lowest BCUT2D eigenvalue weighted by atomic mass is 10.2. The molecule has 1 saturated heterocycles. The van der Waals surface area contributed by atoms with Crippen molar-refractivity contribution in [3.8, 4) is 0 Å². The van der Waals surface area contributed by atoms with E-state index < -0.39 is 0 Å². The highest BCUT2D eigenvalue weighted by atomic mass is 79.9. The molecule has 1 aliphatic heterocycles. The fraction of sp³-hybridized carbons (Fsp3) is 0.462. The molecule has 0 aromatic heterocycles.